The lowest BCUT2D eigenvalue weighted by Crippen LogP contribution is -2.49. The van der Waals surface area contributed by atoms with E-state index in [4.69, 9.17) is 9.15 Å². The van der Waals surface area contributed by atoms with Crippen molar-refractivity contribution in [2.45, 2.75) is 27.2 Å². The van der Waals surface area contributed by atoms with Crippen LogP contribution in [0.2, 0.25) is 0 Å². The molecule has 2 aromatic heterocycles. The van der Waals surface area contributed by atoms with E-state index in [2.05, 4.69) is 39.4 Å². The molecule has 0 bridgehead atoms. The number of benzene rings is 1. The number of hydrogen-bond acceptors (Lipinski definition) is 9. The van der Waals surface area contributed by atoms with Crippen molar-refractivity contribution in [2.75, 3.05) is 55.7 Å². The summed E-state index contributed by atoms with van der Waals surface area (Å²) in [6.45, 7) is 10.1. The van der Waals surface area contributed by atoms with Gasteiger partial charge < -0.3 is 23.9 Å². The number of aromatic nitrogens is 4. The number of piperazine rings is 1. The van der Waals surface area contributed by atoms with E-state index in [0.29, 0.717) is 49.7 Å². The molecule has 1 saturated heterocycles. The van der Waals surface area contributed by atoms with Crippen LogP contribution in [0.15, 0.2) is 27.4 Å². The summed E-state index contributed by atoms with van der Waals surface area (Å²) < 4.78 is 11.1. The maximum atomic E-state index is 12.6. The fraction of sp³-hybridized carbons (Fsp3) is 0.500. The van der Waals surface area contributed by atoms with Gasteiger partial charge in [-0.15, -0.1) is 5.10 Å². The first-order valence-electron chi connectivity index (χ1n) is 11.2. The molecule has 33 heavy (non-hydrogen) atoms. The minimum atomic E-state index is -0.394. The highest BCUT2D eigenvalue weighted by Gasteiger charge is 2.24. The van der Waals surface area contributed by atoms with Gasteiger partial charge in [0.25, 0.3) is 5.95 Å². The third-order valence-corrected chi connectivity index (χ3v) is 6.13. The predicted molar refractivity (Wildman–Crippen MR) is 124 cm³/mol. The van der Waals surface area contributed by atoms with Gasteiger partial charge in [0.05, 0.1) is 6.61 Å². The van der Waals surface area contributed by atoms with Crippen molar-refractivity contribution in [2.24, 2.45) is 0 Å². The maximum absolute atomic E-state index is 12.6. The molecule has 1 aliphatic heterocycles. The van der Waals surface area contributed by atoms with Crippen LogP contribution < -0.4 is 15.4 Å². The lowest BCUT2D eigenvalue weighted by Gasteiger charge is -2.33. The molecule has 0 atom stereocenters. The van der Waals surface area contributed by atoms with Crippen molar-refractivity contribution in [1.29, 1.82) is 0 Å². The molecular formula is C22H29N7O4. The van der Waals surface area contributed by atoms with Gasteiger partial charge >= 0.3 is 11.7 Å². The second-order valence-corrected chi connectivity index (χ2v) is 7.90. The Bertz CT molecular complexity index is 1150. The zero-order valence-electron chi connectivity index (χ0n) is 19.2. The van der Waals surface area contributed by atoms with E-state index >= 15 is 0 Å². The van der Waals surface area contributed by atoms with Gasteiger partial charge in [-0.25, -0.2) is 9.59 Å². The van der Waals surface area contributed by atoms with E-state index in [9.17, 15) is 9.59 Å². The SMILES string of the molecule is CCN(CC)c1ccc2c(C)c(CCOC(=O)N3CCN(c4nn[nH]n4)CC3)c(=O)oc2c1. The van der Waals surface area contributed by atoms with Crippen LogP contribution in [0.4, 0.5) is 16.4 Å². The van der Waals surface area contributed by atoms with Gasteiger partial charge in [0.15, 0.2) is 0 Å². The van der Waals surface area contributed by atoms with E-state index in [1.54, 1.807) is 4.90 Å². The fourth-order valence-corrected chi connectivity index (χ4v) is 4.17. The molecule has 3 aromatic rings. The number of hydrogen-bond donors (Lipinski definition) is 1. The average molecular weight is 456 g/mol. The molecule has 1 N–H and O–H groups in total. The number of nitrogens with one attached hydrogen (secondary N) is 1. The molecule has 11 heteroatoms. The van der Waals surface area contributed by atoms with Gasteiger partial charge in [-0.05, 0) is 43.7 Å². The molecular weight excluding hydrogens is 426 g/mol. The van der Waals surface area contributed by atoms with Crippen molar-refractivity contribution in [3.05, 3.63) is 39.7 Å². The smallest absolute Gasteiger partial charge is 0.409 e. The summed E-state index contributed by atoms with van der Waals surface area (Å²) in [5, 5.41) is 14.8. The summed E-state index contributed by atoms with van der Waals surface area (Å²) in [5.74, 6) is 0.519. The van der Waals surface area contributed by atoms with Crippen LogP contribution in [0.25, 0.3) is 11.0 Å². The molecule has 1 fully saturated rings. The summed E-state index contributed by atoms with van der Waals surface area (Å²) in [6.07, 6.45) is -0.0920. The molecule has 4 rings (SSSR count). The van der Waals surface area contributed by atoms with Crippen LogP contribution in [0.5, 0.6) is 0 Å². The Labute approximate surface area is 191 Å². The Kier molecular flexibility index (Phi) is 6.76. The van der Waals surface area contributed by atoms with Crippen molar-refractivity contribution in [3.8, 4) is 0 Å². The van der Waals surface area contributed by atoms with Crippen molar-refractivity contribution in [3.63, 3.8) is 0 Å². The normalized spacial score (nSPS) is 14.0. The van der Waals surface area contributed by atoms with Gasteiger partial charge in [-0.2, -0.15) is 5.21 Å². The monoisotopic (exact) mass is 455 g/mol. The average Bonchev–Trinajstić information content (AvgIpc) is 3.37. The van der Waals surface area contributed by atoms with Gasteiger partial charge in [0, 0.05) is 68.4 Å². The number of rotatable bonds is 7. The molecule has 0 unspecified atom stereocenters. The third kappa shape index (κ3) is 4.76. The summed E-state index contributed by atoms with van der Waals surface area (Å²) in [6, 6.07) is 5.94. The lowest BCUT2D eigenvalue weighted by molar-refractivity contribution is 0.101. The summed E-state index contributed by atoms with van der Waals surface area (Å²) in [4.78, 5) is 30.9. The molecule has 1 aromatic carbocycles. The predicted octanol–water partition coefficient (Wildman–Crippen LogP) is 1.96. The number of carbonyl (C=O) groups is 1. The molecule has 3 heterocycles. The first-order valence-corrected chi connectivity index (χ1v) is 11.2. The van der Waals surface area contributed by atoms with Crippen LogP contribution in [-0.4, -0.2) is 77.5 Å². The maximum Gasteiger partial charge on any atom is 0.409 e. The lowest BCUT2D eigenvalue weighted by atomic mass is 10.0. The molecule has 176 valence electrons. The number of fused-ring (bicyclic) bond motifs is 1. The van der Waals surface area contributed by atoms with E-state index in [1.165, 1.54) is 0 Å². The molecule has 1 aliphatic rings. The van der Waals surface area contributed by atoms with Gasteiger partial charge in [-0.3, -0.25) is 0 Å². The van der Waals surface area contributed by atoms with E-state index in [0.717, 1.165) is 29.7 Å². The third-order valence-electron chi connectivity index (χ3n) is 6.13. The standard InChI is InChI=1S/C22H29N7O4/c1-4-27(5-2)16-6-7-17-15(3)18(20(30)33-19(17)14-16)8-13-32-22(31)29-11-9-28(10-12-29)21-23-25-26-24-21/h6-7,14H,4-5,8-13H2,1-3H3,(H,23,24,25,26). The molecule has 0 radical (unpaired) electrons. The topological polar surface area (TPSA) is 121 Å². The van der Waals surface area contributed by atoms with Crippen LogP contribution in [-0.2, 0) is 11.2 Å². The number of anilines is 2. The van der Waals surface area contributed by atoms with Crippen molar-refractivity contribution in [1.82, 2.24) is 25.5 Å². The molecule has 1 amide bonds. The van der Waals surface area contributed by atoms with E-state index in [-0.39, 0.29) is 12.2 Å². The number of aryl methyl sites for hydroxylation is 1. The van der Waals surface area contributed by atoms with Crippen molar-refractivity contribution >= 4 is 28.7 Å². The summed E-state index contributed by atoms with van der Waals surface area (Å²) >= 11 is 0. The number of carbonyl (C=O) groups excluding carboxylic acids is 1. The van der Waals surface area contributed by atoms with Gasteiger partial charge in [-0.1, -0.05) is 5.10 Å². The Balaban J connectivity index is 1.36. The zero-order chi connectivity index (χ0) is 23.4. The molecule has 0 spiro atoms. The number of nitrogens with zero attached hydrogens (tertiary/aromatic N) is 6. The summed E-state index contributed by atoms with van der Waals surface area (Å²) in [5.41, 5.74) is 2.60. The van der Waals surface area contributed by atoms with E-state index in [1.807, 2.05) is 30.0 Å². The molecule has 0 saturated carbocycles. The zero-order valence-corrected chi connectivity index (χ0v) is 19.2. The van der Waals surface area contributed by atoms with E-state index < -0.39 is 6.09 Å². The first-order chi connectivity index (χ1) is 16.0. The first kappa shape index (κ1) is 22.6. The Morgan fingerprint density at radius 3 is 2.64 bits per heavy atom. The van der Waals surface area contributed by atoms with Crippen LogP contribution >= 0.6 is 0 Å². The number of ether oxygens (including phenoxy) is 1. The largest absolute Gasteiger partial charge is 0.449 e. The Morgan fingerprint density at radius 2 is 1.97 bits per heavy atom. The minimum absolute atomic E-state index is 0.110. The quantitative estimate of drug-likeness (QED) is 0.533. The van der Waals surface area contributed by atoms with Crippen LogP contribution in [0.3, 0.4) is 0 Å². The summed E-state index contributed by atoms with van der Waals surface area (Å²) in [7, 11) is 0. The Morgan fingerprint density at radius 1 is 1.21 bits per heavy atom. The second kappa shape index (κ2) is 9.88. The van der Waals surface area contributed by atoms with Gasteiger partial charge in [0.1, 0.15) is 5.58 Å². The van der Waals surface area contributed by atoms with Crippen LogP contribution in [0.1, 0.15) is 25.0 Å². The highest BCUT2D eigenvalue weighted by Crippen LogP contribution is 2.25. The highest BCUT2D eigenvalue weighted by molar-refractivity contribution is 5.84. The number of H-pyrrole nitrogens is 1. The molecule has 0 aliphatic carbocycles. The fourth-order valence-electron chi connectivity index (χ4n) is 4.17. The van der Waals surface area contributed by atoms with Gasteiger partial charge in [0.2, 0.25) is 0 Å². The van der Waals surface area contributed by atoms with Crippen LogP contribution in [0, 0.1) is 6.92 Å². The number of tetrazole rings is 1. The van der Waals surface area contributed by atoms with Crippen molar-refractivity contribution < 1.29 is 13.9 Å². The molecule has 11 nitrogen and oxygen atoms in total. The Hall–Kier alpha value is -3.63. The number of amides is 1. The minimum Gasteiger partial charge on any atom is -0.449 e. The highest BCUT2D eigenvalue weighted by atomic mass is 16.6. The second-order valence-electron chi connectivity index (χ2n) is 7.90. The number of aromatic amines is 1.